The highest BCUT2D eigenvalue weighted by molar-refractivity contribution is 5.95. The Balaban J connectivity index is 1.48. The maximum absolute atomic E-state index is 14.6. The van der Waals surface area contributed by atoms with Crippen LogP contribution in [0.3, 0.4) is 0 Å². The van der Waals surface area contributed by atoms with E-state index in [2.05, 4.69) is 15.6 Å². The molecule has 0 radical (unpaired) electrons. The minimum Gasteiger partial charge on any atom is -0.340 e. The summed E-state index contributed by atoms with van der Waals surface area (Å²) < 4.78 is 28.0. The van der Waals surface area contributed by atoms with Gasteiger partial charge in [-0.05, 0) is 25.0 Å². The number of rotatable bonds is 5. The summed E-state index contributed by atoms with van der Waals surface area (Å²) >= 11 is 0. The van der Waals surface area contributed by atoms with Crippen molar-refractivity contribution in [3.8, 4) is 0 Å². The van der Waals surface area contributed by atoms with E-state index >= 15 is 0 Å². The minimum atomic E-state index is -1.05. The Hall–Kier alpha value is -3.40. The topological polar surface area (TPSA) is 94.6 Å². The Morgan fingerprint density at radius 1 is 1.27 bits per heavy atom. The molecule has 174 valence electrons. The monoisotopic (exact) mass is 457 g/mol. The average molecular weight is 457 g/mol. The van der Waals surface area contributed by atoms with Crippen molar-refractivity contribution in [1.29, 1.82) is 0 Å². The molecule has 0 aliphatic carbocycles. The van der Waals surface area contributed by atoms with Crippen LogP contribution in [-0.2, 0) is 20.9 Å². The Morgan fingerprint density at radius 2 is 2.06 bits per heavy atom. The van der Waals surface area contributed by atoms with Crippen molar-refractivity contribution in [3.05, 3.63) is 58.9 Å². The first kappa shape index (κ1) is 22.8. The minimum absolute atomic E-state index is 0.186. The average Bonchev–Trinajstić information content (AvgIpc) is 3.19. The van der Waals surface area contributed by atoms with Crippen molar-refractivity contribution in [1.82, 2.24) is 20.3 Å². The van der Waals surface area contributed by atoms with Crippen molar-refractivity contribution in [3.63, 3.8) is 0 Å². The maximum atomic E-state index is 14.6. The van der Waals surface area contributed by atoms with Gasteiger partial charge in [0, 0.05) is 43.6 Å². The van der Waals surface area contributed by atoms with Crippen LogP contribution in [0.2, 0.25) is 0 Å². The second-order valence-corrected chi connectivity index (χ2v) is 8.39. The van der Waals surface area contributed by atoms with E-state index in [0.29, 0.717) is 29.9 Å². The molecule has 1 aromatic heterocycles. The number of nitrogens with zero attached hydrogens (tertiary/aromatic N) is 3. The summed E-state index contributed by atoms with van der Waals surface area (Å²) in [6, 6.07) is 4.60. The highest BCUT2D eigenvalue weighted by atomic mass is 19.1. The lowest BCUT2D eigenvalue weighted by Gasteiger charge is -2.28. The predicted octanol–water partition coefficient (Wildman–Crippen LogP) is 2.45. The largest absolute Gasteiger partial charge is 0.340 e. The molecule has 4 rings (SSSR count). The summed E-state index contributed by atoms with van der Waals surface area (Å²) in [6.45, 7) is 4.56. The third-order valence-electron chi connectivity index (χ3n) is 5.99. The summed E-state index contributed by atoms with van der Waals surface area (Å²) in [5.74, 6) is -3.13. The SMILES string of the molecule is Cc1ncc(F)cc1NC(=O)C[C@@H](C)C(=O)N[C@@H]1C(=O)N2CCCN2Cc2c(F)cccc21. The standard InChI is InChI=1S/C23H25F2N5O3/c1-13(9-20(31)27-19-10-15(24)11-26-14(19)2)22(32)28-21-16-5-3-6-18(25)17(16)12-29-7-4-8-30(29)23(21)33/h3,5-6,10-11,13,21H,4,7-9,12H2,1-2H3,(H,27,31)(H,28,32)/t13-,21+/m1/s1. The second kappa shape index (κ2) is 9.22. The summed E-state index contributed by atoms with van der Waals surface area (Å²) in [7, 11) is 0. The number of amides is 3. The fourth-order valence-electron chi connectivity index (χ4n) is 4.19. The molecular formula is C23H25F2N5O3. The molecular weight excluding hydrogens is 432 g/mol. The molecule has 0 unspecified atom stereocenters. The van der Waals surface area contributed by atoms with E-state index in [9.17, 15) is 23.2 Å². The molecule has 2 aromatic rings. The number of benzene rings is 1. The van der Waals surface area contributed by atoms with E-state index in [0.717, 1.165) is 18.7 Å². The summed E-state index contributed by atoms with van der Waals surface area (Å²) in [6.07, 6.45) is 1.63. The normalized spacial score (nSPS) is 18.8. The molecule has 1 aromatic carbocycles. The number of carbonyl (C=O) groups excluding carboxylic acids is 3. The van der Waals surface area contributed by atoms with Gasteiger partial charge >= 0.3 is 0 Å². The molecule has 3 heterocycles. The van der Waals surface area contributed by atoms with E-state index in [1.54, 1.807) is 29.9 Å². The quantitative estimate of drug-likeness (QED) is 0.719. The molecule has 1 fully saturated rings. The summed E-state index contributed by atoms with van der Waals surface area (Å²) in [4.78, 5) is 42.4. The van der Waals surface area contributed by atoms with Gasteiger partial charge in [0.1, 0.15) is 17.7 Å². The number of aryl methyl sites for hydroxylation is 1. The number of fused-ring (bicyclic) bond motifs is 2. The van der Waals surface area contributed by atoms with E-state index in [-0.39, 0.29) is 24.6 Å². The van der Waals surface area contributed by atoms with E-state index in [1.165, 1.54) is 12.1 Å². The van der Waals surface area contributed by atoms with Gasteiger partial charge in [0.25, 0.3) is 5.91 Å². The van der Waals surface area contributed by atoms with Crippen LogP contribution in [0.5, 0.6) is 0 Å². The third-order valence-corrected chi connectivity index (χ3v) is 5.99. The van der Waals surface area contributed by atoms with Crippen LogP contribution >= 0.6 is 0 Å². The number of hydrogen-bond acceptors (Lipinski definition) is 5. The Labute approximate surface area is 189 Å². The Kier molecular flexibility index (Phi) is 6.37. The fraction of sp³-hybridized carbons (Fsp3) is 0.391. The van der Waals surface area contributed by atoms with Gasteiger partial charge < -0.3 is 10.6 Å². The number of nitrogens with one attached hydrogen (secondary N) is 2. The van der Waals surface area contributed by atoms with Crippen LogP contribution in [0.1, 0.15) is 42.6 Å². The van der Waals surface area contributed by atoms with Crippen LogP contribution in [0.25, 0.3) is 0 Å². The van der Waals surface area contributed by atoms with Crippen LogP contribution in [0.15, 0.2) is 30.5 Å². The predicted molar refractivity (Wildman–Crippen MR) is 115 cm³/mol. The molecule has 2 aliphatic heterocycles. The van der Waals surface area contributed by atoms with Gasteiger partial charge in [-0.15, -0.1) is 0 Å². The molecule has 0 saturated carbocycles. The molecule has 10 heteroatoms. The van der Waals surface area contributed by atoms with Crippen molar-refractivity contribution in [2.24, 2.45) is 5.92 Å². The molecule has 2 N–H and O–H groups in total. The summed E-state index contributed by atoms with van der Waals surface area (Å²) in [5.41, 5.74) is 1.46. The number of hydrazine groups is 1. The fourth-order valence-corrected chi connectivity index (χ4v) is 4.19. The highest BCUT2D eigenvalue weighted by Crippen LogP contribution is 2.31. The molecule has 2 aliphatic rings. The van der Waals surface area contributed by atoms with Gasteiger partial charge in [0.15, 0.2) is 0 Å². The first-order chi connectivity index (χ1) is 15.7. The number of aromatic nitrogens is 1. The first-order valence-electron chi connectivity index (χ1n) is 10.8. The van der Waals surface area contributed by atoms with Gasteiger partial charge in [-0.2, -0.15) is 0 Å². The highest BCUT2D eigenvalue weighted by Gasteiger charge is 2.39. The second-order valence-electron chi connectivity index (χ2n) is 8.39. The van der Waals surface area contributed by atoms with Gasteiger partial charge in [-0.3, -0.25) is 24.4 Å². The molecule has 0 bridgehead atoms. The van der Waals surface area contributed by atoms with Crippen molar-refractivity contribution >= 4 is 23.4 Å². The Bertz CT molecular complexity index is 1110. The maximum Gasteiger partial charge on any atom is 0.264 e. The molecule has 0 spiro atoms. The van der Waals surface area contributed by atoms with Gasteiger partial charge in [0.2, 0.25) is 11.8 Å². The van der Waals surface area contributed by atoms with Crippen molar-refractivity contribution in [2.75, 3.05) is 18.4 Å². The third kappa shape index (κ3) is 4.70. The van der Waals surface area contributed by atoms with Gasteiger partial charge in [-0.25, -0.2) is 13.8 Å². The summed E-state index contributed by atoms with van der Waals surface area (Å²) in [5, 5.41) is 8.63. The molecule has 3 amide bonds. The van der Waals surface area contributed by atoms with E-state index in [4.69, 9.17) is 0 Å². The van der Waals surface area contributed by atoms with Crippen molar-refractivity contribution in [2.45, 2.75) is 39.3 Å². The van der Waals surface area contributed by atoms with E-state index in [1.807, 2.05) is 0 Å². The van der Waals surface area contributed by atoms with Gasteiger partial charge in [-0.1, -0.05) is 19.1 Å². The molecule has 1 saturated heterocycles. The number of hydrogen-bond donors (Lipinski definition) is 2. The number of carbonyl (C=O) groups is 3. The van der Waals surface area contributed by atoms with Gasteiger partial charge in [0.05, 0.1) is 17.6 Å². The molecule has 8 nitrogen and oxygen atoms in total. The van der Waals surface area contributed by atoms with Crippen molar-refractivity contribution < 1.29 is 23.2 Å². The van der Waals surface area contributed by atoms with Crippen LogP contribution in [0, 0.1) is 24.5 Å². The zero-order valence-corrected chi connectivity index (χ0v) is 18.4. The number of anilines is 1. The molecule has 33 heavy (non-hydrogen) atoms. The lowest BCUT2D eigenvalue weighted by atomic mass is 9.98. The Morgan fingerprint density at radius 3 is 2.85 bits per heavy atom. The van der Waals surface area contributed by atoms with Crippen LogP contribution in [-0.4, -0.2) is 45.8 Å². The smallest absolute Gasteiger partial charge is 0.264 e. The zero-order valence-electron chi connectivity index (χ0n) is 18.4. The lowest BCUT2D eigenvalue weighted by Crippen LogP contribution is -2.46. The van der Waals surface area contributed by atoms with E-state index < -0.39 is 35.4 Å². The number of pyridine rings is 1. The molecule has 2 atom stereocenters. The van der Waals surface area contributed by atoms with Crippen LogP contribution in [0.4, 0.5) is 14.5 Å². The number of halogens is 2. The zero-order chi connectivity index (χ0) is 23.7. The lowest BCUT2D eigenvalue weighted by molar-refractivity contribution is -0.148. The van der Waals surface area contributed by atoms with Crippen LogP contribution < -0.4 is 10.6 Å². The first-order valence-corrected chi connectivity index (χ1v) is 10.8.